The molecule has 3 aromatic carbocycles. The van der Waals surface area contributed by atoms with Gasteiger partial charge in [0.05, 0.1) is 16.9 Å². The number of aryl methyl sites for hydroxylation is 1. The number of hydrogen-bond donors (Lipinski definition) is 0. The van der Waals surface area contributed by atoms with Crippen LogP contribution in [0.4, 0.5) is 16.2 Å². The summed E-state index contributed by atoms with van der Waals surface area (Å²) in [6.07, 6.45) is 2.34. The average Bonchev–Trinajstić information content (AvgIpc) is 2.84. The number of benzene rings is 3. The Morgan fingerprint density at radius 1 is 0.765 bits per heavy atom. The van der Waals surface area contributed by atoms with Gasteiger partial charge < -0.3 is 9.47 Å². The lowest BCUT2D eigenvalue weighted by Gasteiger charge is -2.25. The topological polar surface area (TPSA) is 55.8 Å². The van der Waals surface area contributed by atoms with Crippen LogP contribution in [-0.2, 0) is 15.9 Å². The van der Waals surface area contributed by atoms with Crippen molar-refractivity contribution >= 4 is 23.4 Å². The monoisotopic (exact) mass is 459 g/mol. The van der Waals surface area contributed by atoms with Gasteiger partial charge in [-0.2, -0.15) is 0 Å². The number of carbonyl (C=O) groups is 2. The minimum atomic E-state index is -0.480. The Balaban J connectivity index is 1.57. The van der Waals surface area contributed by atoms with Crippen LogP contribution in [0.3, 0.4) is 0 Å². The van der Waals surface area contributed by atoms with E-state index in [2.05, 4.69) is 6.92 Å². The Bertz CT molecular complexity index is 995. The van der Waals surface area contributed by atoms with Gasteiger partial charge in [-0.15, -0.1) is 0 Å². The van der Waals surface area contributed by atoms with Gasteiger partial charge in [0.2, 0.25) is 0 Å². The number of carbonyl (C=O) groups excluding carboxylic acids is 2. The van der Waals surface area contributed by atoms with Crippen LogP contribution >= 0.6 is 0 Å². The fraction of sp³-hybridized carbons (Fsp3) is 0.310. The van der Waals surface area contributed by atoms with Crippen molar-refractivity contribution in [3.05, 3.63) is 96.1 Å². The maximum Gasteiger partial charge on any atom is 0.419 e. The minimum absolute atomic E-state index is 0.372. The van der Waals surface area contributed by atoms with E-state index < -0.39 is 18.3 Å². The molecular formula is C29H33NO4. The summed E-state index contributed by atoms with van der Waals surface area (Å²) in [6.45, 7) is 5.77. The third-order valence-electron chi connectivity index (χ3n) is 5.49. The summed E-state index contributed by atoms with van der Waals surface area (Å²) in [6, 6.07) is 26.3. The number of hydrogen-bond acceptors (Lipinski definition) is 4. The molecule has 3 aromatic rings. The van der Waals surface area contributed by atoms with Gasteiger partial charge in [-0.1, -0.05) is 61.9 Å². The van der Waals surface area contributed by atoms with E-state index in [0.29, 0.717) is 23.4 Å². The van der Waals surface area contributed by atoms with Gasteiger partial charge in [-0.3, -0.25) is 0 Å². The molecule has 3 rings (SSSR count). The summed E-state index contributed by atoms with van der Waals surface area (Å²) < 4.78 is 11.3. The molecule has 0 heterocycles. The second-order valence-electron chi connectivity index (χ2n) is 8.45. The molecule has 2 atom stereocenters. The largest absolute Gasteiger partial charge is 0.459 e. The fourth-order valence-electron chi connectivity index (χ4n) is 3.74. The van der Waals surface area contributed by atoms with Crippen LogP contribution in [0.5, 0.6) is 0 Å². The van der Waals surface area contributed by atoms with E-state index in [1.807, 2.05) is 79.7 Å². The SMILES string of the molecule is CCCCc1ccc(C(=O)OC(C)CC(C)OC(=O)N(c2ccccc2)c2ccccc2)cc1. The summed E-state index contributed by atoms with van der Waals surface area (Å²) in [5.41, 5.74) is 3.17. The standard InChI is InChI=1S/C29H33NO4/c1-4-5-12-24-17-19-25(20-18-24)28(31)33-22(2)21-23(3)34-29(32)30(26-13-8-6-9-14-26)27-15-10-7-11-16-27/h6-11,13-20,22-23H,4-5,12,21H2,1-3H3. The van der Waals surface area contributed by atoms with Gasteiger partial charge in [0.25, 0.3) is 0 Å². The molecule has 2 unspecified atom stereocenters. The number of para-hydroxylation sites is 2. The summed E-state index contributed by atoms with van der Waals surface area (Å²) >= 11 is 0. The molecule has 0 bridgehead atoms. The number of anilines is 2. The maximum atomic E-state index is 13.1. The molecule has 0 saturated carbocycles. The molecule has 178 valence electrons. The molecule has 0 aromatic heterocycles. The first-order valence-corrected chi connectivity index (χ1v) is 11.9. The zero-order valence-corrected chi connectivity index (χ0v) is 20.1. The van der Waals surface area contributed by atoms with Crippen molar-refractivity contribution in [2.45, 2.75) is 58.7 Å². The molecule has 34 heavy (non-hydrogen) atoms. The van der Waals surface area contributed by atoms with Crippen molar-refractivity contribution in [1.29, 1.82) is 0 Å². The molecule has 1 amide bonds. The van der Waals surface area contributed by atoms with E-state index in [-0.39, 0.29) is 5.97 Å². The smallest absolute Gasteiger partial charge is 0.419 e. The highest BCUT2D eigenvalue weighted by molar-refractivity contribution is 5.96. The van der Waals surface area contributed by atoms with Crippen molar-refractivity contribution < 1.29 is 19.1 Å². The number of rotatable bonds is 10. The van der Waals surface area contributed by atoms with Gasteiger partial charge in [0.1, 0.15) is 12.2 Å². The van der Waals surface area contributed by atoms with E-state index >= 15 is 0 Å². The quantitative estimate of drug-likeness (QED) is 0.298. The zero-order valence-electron chi connectivity index (χ0n) is 20.1. The molecule has 0 aliphatic heterocycles. The molecule has 0 aliphatic carbocycles. The van der Waals surface area contributed by atoms with Gasteiger partial charge in [0, 0.05) is 6.42 Å². The number of unbranched alkanes of at least 4 members (excludes halogenated alkanes) is 1. The summed E-state index contributed by atoms with van der Waals surface area (Å²) in [4.78, 5) is 27.1. The lowest BCUT2D eigenvalue weighted by molar-refractivity contribution is 0.0197. The molecule has 0 N–H and O–H groups in total. The molecule has 0 saturated heterocycles. The predicted octanol–water partition coefficient (Wildman–Crippen LogP) is 7.33. The first-order chi connectivity index (χ1) is 16.5. The van der Waals surface area contributed by atoms with Crippen LogP contribution in [0.2, 0.25) is 0 Å². The van der Waals surface area contributed by atoms with Gasteiger partial charge in [-0.05, 0) is 68.7 Å². The molecule has 5 heteroatoms. The maximum absolute atomic E-state index is 13.1. The fourth-order valence-corrected chi connectivity index (χ4v) is 3.74. The third kappa shape index (κ3) is 7.20. The highest BCUT2D eigenvalue weighted by Crippen LogP contribution is 2.26. The van der Waals surface area contributed by atoms with Crippen LogP contribution in [0.15, 0.2) is 84.9 Å². The zero-order chi connectivity index (χ0) is 24.3. The van der Waals surface area contributed by atoms with E-state index in [4.69, 9.17) is 9.47 Å². The van der Waals surface area contributed by atoms with Crippen molar-refractivity contribution in [2.75, 3.05) is 4.90 Å². The number of esters is 1. The Hall–Kier alpha value is -3.60. The van der Waals surface area contributed by atoms with Crippen LogP contribution in [0, 0.1) is 0 Å². The van der Waals surface area contributed by atoms with Crippen molar-refractivity contribution in [2.24, 2.45) is 0 Å². The highest BCUT2D eigenvalue weighted by atomic mass is 16.6. The lowest BCUT2D eigenvalue weighted by Crippen LogP contribution is -2.31. The average molecular weight is 460 g/mol. The molecular weight excluding hydrogens is 426 g/mol. The Morgan fingerprint density at radius 3 is 1.82 bits per heavy atom. The Labute approximate surface area is 202 Å². The molecule has 0 radical (unpaired) electrons. The van der Waals surface area contributed by atoms with E-state index in [0.717, 1.165) is 19.3 Å². The van der Waals surface area contributed by atoms with Gasteiger partial charge in [0.15, 0.2) is 0 Å². The van der Waals surface area contributed by atoms with Gasteiger partial charge >= 0.3 is 12.1 Å². The van der Waals surface area contributed by atoms with Crippen molar-refractivity contribution in [3.8, 4) is 0 Å². The second kappa shape index (κ2) is 12.6. The van der Waals surface area contributed by atoms with Crippen LogP contribution in [0.25, 0.3) is 0 Å². The van der Waals surface area contributed by atoms with Crippen LogP contribution in [-0.4, -0.2) is 24.3 Å². The number of nitrogens with zero attached hydrogens (tertiary/aromatic N) is 1. The van der Waals surface area contributed by atoms with Gasteiger partial charge in [-0.25, -0.2) is 14.5 Å². The van der Waals surface area contributed by atoms with Crippen molar-refractivity contribution in [3.63, 3.8) is 0 Å². The van der Waals surface area contributed by atoms with Crippen LogP contribution in [0.1, 0.15) is 56.0 Å². The minimum Gasteiger partial charge on any atom is -0.459 e. The molecule has 0 fully saturated rings. The summed E-state index contributed by atoms with van der Waals surface area (Å²) in [5, 5.41) is 0. The summed E-state index contributed by atoms with van der Waals surface area (Å²) in [5.74, 6) is -0.372. The lowest BCUT2D eigenvalue weighted by atomic mass is 10.1. The van der Waals surface area contributed by atoms with E-state index in [1.165, 1.54) is 10.5 Å². The Kier molecular flexibility index (Phi) is 9.27. The normalized spacial score (nSPS) is 12.4. The molecule has 5 nitrogen and oxygen atoms in total. The predicted molar refractivity (Wildman–Crippen MR) is 136 cm³/mol. The van der Waals surface area contributed by atoms with E-state index in [9.17, 15) is 9.59 Å². The van der Waals surface area contributed by atoms with Crippen molar-refractivity contribution in [1.82, 2.24) is 0 Å². The summed E-state index contributed by atoms with van der Waals surface area (Å²) in [7, 11) is 0. The highest BCUT2D eigenvalue weighted by Gasteiger charge is 2.23. The Morgan fingerprint density at radius 2 is 1.29 bits per heavy atom. The number of ether oxygens (including phenoxy) is 2. The molecule has 0 aliphatic rings. The first kappa shape index (κ1) is 25.0. The second-order valence-corrected chi connectivity index (χ2v) is 8.45. The number of amides is 1. The van der Waals surface area contributed by atoms with E-state index in [1.54, 1.807) is 19.1 Å². The first-order valence-electron chi connectivity index (χ1n) is 11.9. The third-order valence-corrected chi connectivity index (χ3v) is 5.49. The molecule has 0 spiro atoms. The van der Waals surface area contributed by atoms with Crippen LogP contribution < -0.4 is 4.90 Å².